The molecule has 2 aromatic carbocycles. The quantitative estimate of drug-likeness (QED) is 0.856. The summed E-state index contributed by atoms with van der Waals surface area (Å²) in [5.74, 6) is -0.0728. The Balaban J connectivity index is 2.20. The molecular weight excluding hydrogens is 329 g/mol. The minimum absolute atomic E-state index is 0.123. The Hall–Kier alpha value is -1.92. The zero-order chi connectivity index (χ0) is 17.9. The van der Waals surface area contributed by atoms with Crippen molar-refractivity contribution in [2.24, 2.45) is 0 Å². The molecule has 6 heteroatoms. The van der Waals surface area contributed by atoms with Crippen LogP contribution in [-0.4, -0.2) is 15.5 Å². The summed E-state index contributed by atoms with van der Waals surface area (Å²) in [6.45, 7) is 5.76. The highest BCUT2D eigenvalue weighted by Crippen LogP contribution is 2.23. The summed E-state index contributed by atoms with van der Waals surface area (Å²) in [5, 5.41) is 0. The fourth-order valence-corrected chi connectivity index (χ4v) is 3.58. The highest BCUT2D eigenvalue weighted by Gasteiger charge is 2.19. The van der Waals surface area contributed by atoms with Gasteiger partial charge in [-0.1, -0.05) is 32.0 Å². The standard InChI is InChI=1S/C18H22FNO3S/c1-12(2)14-5-8-16(9-6-14)24(21,22)20-13(3)15-7-10-18(23-4)17(19)11-15/h5-13,20H,1-4H3. The first-order chi connectivity index (χ1) is 11.2. The fraction of sp³-hybridized carbons (Fsp3) is 0.333. The maximum absolute atomic E-state index is 13.8. The molecule has 1 unspecified atom stereocenters. The monoisotopic (exact) mass is 351 g/mol. The number of methoxy groups -OCH3 is 1. The second-order valence-electron chi connectivity index (χ2n) is 5.96. The van der Waals surface area contributed by atoms with Crippen LogP contribution in [0.15, 0.2) is 47.4 Å². The van der Waals surface area contributed by atoms with E-state index in [0.717, 1.165) is 5.56 Å². The Morgan fingerprint density at radius 3 is 2.08 bits per heavy atom. The van der Waals surface area contributed by atoms with E-state index in [1.807, 2.05) is 13.8 Å². The van der Waals surface area contributed by atoms with Crippen molar-refractivity contribution in [1.82, 2.24) is 4.72 Å². The largest absolute Gasteiger partial charge is 0.494 e. The zero-order valence-electron chi connectivity index (χ0n) is 14.2. The van der Waals surface area contributed by atoms with E-state index < -0.39 is 21.9 Å². The van der Waals surface area contributed by atoms with E-state index in [1.54, 1.807) is 37.3 Å². The lowest BCUT2D eigenvalue weighted by molar-refractivity contribution is 0.386. The average Bonchev–Trinajstić information content (AvgIpc) is 2.54. The normalized spacial score (nSPS) is 13.1. The van der Waals surface area contributed by atoms with Gasteiger partial charge in [0.05, 0.1) is 12.0 Å². The van der Waals surface area contributed by atoms with Crippen LogP contribution >= 0.6 is 0 Å². The molecule has 0 bridgehead atoms. The van der Waals surface area contributed by atoms with Gasteiger partial charge in [0.15, 0.2) is 11.6 Å². The molecule has 4 nitrogen and oxygen atoms in total. The van der Waals surface area contributed by atoms with E-state index in [1.165, 1.54) is 19.2 Å². The minimum Gasteiger partial charge on any atom is -0.494 e. The van der Waals surface area contributed by atoms with Crippen molar-refractivity contribution in [1.29, 1.82) is 0 Å². The van der Waals surface area contributed by atoms with Gasteiger partial charge < -0.3 is 4.74 Å². The molecule has 0 aromatic heterocycles. The van der Waals surface area contributed by atoms with Crippen molar-refractivity contribution in [3.63, 3.8) is 0 Å². The van der Waals surface area contributed by atoms with E-state index >= 15 is 0 Å². The molecule has 0 radical (unpaired) electrons. The number of sulfonamides is 1. The molecule has 130 valence electrons. The molecular formula is C18H22FNO3S. The van der Waals surface area contributed by atoms with E-state index in [4.69, 9.17) is 4.74 Å². The Morgan fingerprint density at radius 2 is 1.58 bits per heavy atom. The topological polar surface area (TPSA) is 55.4 Å². The van der Waals surface area contributed by atoms with Crippen molar-refractivity contribution in [2.45, 2.75) is 37.6 Å². The number of hydrogen-bond donors (Lipinski definition) is 1. The van der Waals surface area contributed by atoms with Gasteiger partial charge in [-0.2, -0.15) is 0 Å². The summed E-state index contributed by atoms with van der Waals surface area (Å²) in [5.41, 5.74) is 1.59. The van der Waals surface area contributed by atoms with Gasteiger partial charge in [0.2, 0.25) is 10.0 Å². The minimum atomic E-state index is -3.68. The lowest BCUT2D eigenvalue weighted by Crippen LogP contribution is -2.27. The summed E-state index contributed by atoms with van der Waals surface area (Å²) in [4.78, 5) is 0.188. The molecule has 0 saturated heterocycles. The summed E-state index contributed by atoms with van der Waals surface area (Å²) in [7, 11) is -2.30. The van der Waals surface area contributed by atoms with Gasteiger partial charge in [-0.25, -0.2) is 17.5 Å². The Labute approximate surface area is 142 Å². The van der Waals surface area contributed by atoms with Crippen molar-refractivity contribution >= 4 is 10.0 Å². The maximum Gasteiger partial charge on any atom is 0.241 e. The summed E-state index contributed by atoms with van der Waals surface area (Å²) in [6, 6.07) is 10.6. The number of hydrogen-bond acceptors (Lipinski definition) is 3. The molecule has 24 heavy (non-hydrogen) atoms. The summed E-state index contributed by atoms with van der Waals surface area (Å²) < 4.78 is 46.2. The third kappa shape index (κ3) is 4.13. The highest BCUT2D eigenvalue weighted by molar-refractivity contribution is 7.89. The first-order valence-electron chi connectivity index (χ1n) is 7.70. The van der Waals surface area contributed by atoms with Gasteiger partial charge in [0.1, 0.15) is 0 Å². The molecule has 1 N–H and O–H groups in total. The molecule has 0 saturated carbocycles. The number of ether oxygens (including phenoxy) is 1. The lowest BCUT2D eigenvalue weighted by Gasteiger charge is -2.16. The van der Waals surface area contributed by atoms with Crippen LogP contribution in [0.5, 0.6) is 5.75 Å². The molecule has 0 spiro atoms. The molecule has 0 aliphatic carbocycles. The van der Waals surface area contributed by atoms with Gasteiger partial charge in [-0.15, -0.1) is 0 Å². The number of benzene rings is 2. The zero-order valence-corrected chi connectivity index (χ0v) is 15.0. The van der Waals surface area contributed by atoms with Crippen LogP contribution in [0.25, 0.3) is 0 Å². The summed E-state index contributed by atoms with van der Waals surface area (Å²) >= 11 is 0. The van der Waals surface area contributed by atoms with Crippen LogP contribution in [0.1, 0.15) is 43.9 Å². The molecule has 0 aliphatic heterocycles. The molecule has 0 heterocycles. The van der Waals surface area contributed by atoms with Gasteiger partial charge in [-0.3, -0.25) is 0 Å². The van der Waals surface area contributed by atoms with Crippen LogP contribution in [0, 0.1) is 5.82 Å². The van der Waals surface area contributed by atoms with Gasteiger partial charge in [0.25, 0.3) is 0 Å². The van der Waals surface area contributed by atoms with Crippen molar-refractivity contribution < 1.29 is 17.5 Å². The predicted octanol–water partition coefficient (Wildman–Crippen LogP) is 4.00. The smallest absolute Gasteiger partial charge is 0.241 e. The second-order valence-corrected chi connectivity index (χ2v) is 7.67. The first-order valence-corrected chi connectivity index (χ1v) is 9.18. The predicted molar refractivity (Wildman–Crippen MR) is 92.2 cm³/mol. The van der Waals surface area contributed by atoms with Crippen molar-refractivity contribution in [3.8, 4) is 5.75 Å². The molecule has 2 rings (SSSR count). The molecule has 1 atom stereocenters. The van der Waals surface area contributed by atoms with Crippen molar-refractivity contribution in [2.75, 3.05) is 7.11 Å². The SMILES string of the molecule is COc1ccc(C(C)NS(=O)(=O)c2ccc(C(C)C)cc2)cc1F. The maximum atomic E-state index is 13.8. The Bertz CT molecular complexity index is 802. The number of nitrogens with one attached hydrogen (secondary N) is 1. The average molecular weight is 351 g/mol. The fourth-order valence-electron chi connectivity index (χ4n) is 2.35. The lowest BCUT2D eigenvalue weighted by atomic mass is 10.0. The van der Waals surface area contributed by atoms with E-state index in [9.17, 15) is 12.8 Å². The second kappa shape index (κ2) is 7.32. The van der Waals surface area contributed by atoms with E-state index in [2.05, 4.69) is 4.72 Å². The van der Waals surface area contributed by atoms with Crippen LogP contribution in [0.3, 0.4) is 0 Å². The molecule has 0 amide bonds. The molecule has 2 aromatic rings. The first kappa shape index (κ1) is 18.4. The van der Waals surface area contributed by atoms with Gasteiger partial charge in [-0.05, 0) is 48.2 Å². The van der Waals surface area contributed by atoms with Crippen LogP contribution < -0.4 is 9.46 Å². The Morgan fingerprint density at radius 1 is 1.00 bits per heavy atom. The highest BCUT2D eigenvalue weighted by atomic mass is 32.2. The Kier molecular flexibility index (Phi) is 5.62. The van der Waals surface area contributed by atoms with Crippen molar-refractivity contribution in [3.05, 3.63) is 59.4 Å². The number of halogens is 1. The third-order valence-electron chi connectivity index (χ3n) is 3.86. The molecule has 0 aliphatic rings. The third-order valence-corrected chi connectivity index (χ3v) is 5.42. The summed E-state index contributed by atoms with van der Waals surface area (Å²) in [6.07, 6.45) is 0. The van der Waals surface area contributed by atoms with E-state index in [-0.39, 0.29) is 10.6 Å². The molecule has 0 fully saturated rings. The van der Waals surface area contributed by atoms with Crippen LogP contribution in [0.2, 0.25) is 0 Å². The van der Waals surface area contributed by atoms with E-state index in [0.29, 0.717) is 11.5 Å². The van der Waals surface area contributed by atoms with Crippen LogP contribution in [0.4, 0.5) is 4.39 Å². The van der Waals surface area contributed by atoms with Gasteiger partial charge >= 0.3 is 0 Å². The van der Waals surface area contributed by atoms with Crippen LogP contribution in [-0.2, 0) is 10.0 Å². The number of rotatable bonds is 6. The van der Waals surface area contributed by atoms with Gasteiger partial charge in [0, 0.05) is 6.04 Å².